The Kier molecular flexibility index (Phi) is 5.67. The molecule has 1 fully saturated rings. The van der Waals surface area contributed by atoms with Gasteiger partial charge in [0, 0.05) is 26.2 Å². The summed E-state index contributed by atoms with van der Waals surface area (Å²) in [5.74, 6) is 0.664. The zero-order valence-electron chi connectivity index (χ0n) is 13.8. The Morgan fingerprint density at radius 2 is 1.92 bits per heavy atom. The maximum absolute atomic E-state index is 12.5. The molecule has 2 heterocycles. The number of likely N-dealkylation sites (tertiary alicyclic amines) is 1. The van der Waals surface area contributed by atoms with Gasteiger partial charge in [-0.25, -0.2) is 0 Å². The molecule has 1 unspecified atom stereocenters. The number of benzene rings is 1. The van der Waals surface area contributed by atoms with Crippen molar-refractivity contribution in [3.63, 3.8) is 0 Å². The average molecular weight is 328 g/mol. The van der Waals surface area contributed by atoms with Crippen LogP contribution in [0.4, 0.5) is 0 Å². The number of furan rings is 1. The molecule has 24 heavy (non-hydrogen) atoms. The minimum atomic E-state index is -0.741. The van der Waals surface area contributed by atoms with Crippen molar-refractivity contribution < 1.29 is 14.3 Å². The first-order chi connectivity index (χ1) is 11.7. The first-order valence-corrected chi connectivity index (χ1v) is 8.48. The lowest BCUT2D eigenvalue weighted by Crippen LogP contribution is -2.40. The van der Waals surface area contributed by atoms with Crippen LogP contribution in [0.3, 0.4) is 0 Å². The standard InChI is InChI=1S/C19H24N2O3/c22-17(18-9-6-12-24-18)14-20(13-16-7-2-1-3-8-16)15-19(23)21-10-4-5-11-21/h1-3,6-9,12,17,22H,4-5,10-11,13-15H2. The van der Waals surface area contributed by atoms with Gasteiger partial charge in [-0.3, -0.25) is 9.69 Å². The van der Waals surface area contributed by atoms with Crippen LogP contribution in [0.2, 0.25) is 0 Å². The second-order valence-corrected chi connectivity index (χ2v) is 6.27. The summed E-state index contributed by atoms with van der Waals surface area (Å²) in [6, 6.07) is 13.5. The van der Waals surface area contributed by atoms with Crippen LogP contribution >= 0.6 is 0 Å². The zero-order valence-corrected chi connectivity index (χ0v) is 13.8. The second kappa shape index (κ2) is 8.13. The van der Waals surface area contributed by atoms with Gasteiger partial charge < -0.3 is 14.4 Å². The van der Waals surface area contributed by atoms with Gasteiger partial charge >= 0.3 is 0 Å². The number of hydrogen-bond acceptors (Lipinski definition) is 4. The van der Waals surface area contributed by atoms with E-state index in [4.69, 9.17) is 4.42 Å². The van der Waals surface area contributed by atoms with Gasteiger partial charge in [-0.1, -0.05) is 30.3 Å². The highest BCUT2D eigenvalue weighted by atomic mass is 16.4. The topological polar surface area (TPSA) is 56.9 Å². The maximum atomic E-state index is 12.5. The first kappa shape index (κ1) is 16.7. The van der Waals surface area contributed by atoms with Crippen molar-refractivity contribution in [2.75, 3.05) is 26.2 Å². The predicted molar refractivity (Wildman–Crippen MR) is 91.2 cm³/mol. The van der Waals surface area contributed by atoms with Crippen LogP contribution in [0.15, 0.2) is 53.1 Å². The van der Waals surface area contributed by atoms with Crippen LogP contribution in [0.25, 0.3) is 0 Å². The van der Waals surface area contributed by atoms with Crippen LogP contribution in [0, 0.1) is 0 Å². The highest BCUT2D eigenvalue weighted by molar-refractivity contribution is 5.78. The van der Waals surface area contributed by atoms with E-state index in [-0.39, 0.29) is 5.91 Å². The van der Waals surface area contributed by atoms with Crippen molar-refractivity contribution >= 4 is 5.91 Å². The lowest BCUT2D eigenvalue weighted by molar-refractivity contribution is -0.131. The maximum Gasteiger partial charge on any atom is 0.236 e. The van der Waals surface area contributed by atoms with Crippen molar-refractivity contribution in [3.05, 3.63) is 60.1 Å². The fraction of sp³-hybridized carbons (Fsp3) is 0.421. The van der Waals surface area contributed by atoms with E-state index in [2.05, 4.69) is 0 Å². The third-order valence-corrected chi connectivity index (χ3v) is 4.37. The zero-order chi connectivity index (χ0) is 16.8. The normalized spacial score (nSPS) is 15.8. The molecule has 3 rings (SSSR count). The molecule has 128 valence electrons. The number of aliphatic hydroxyl groups is 1. The Bertz CT molecular complexity index is 621. The smallest absolute Gasteiger partial charge is 0.236 e. The minimum Gasteiger partial charge on any atom is -0.467 e. The fourth-order valence-electron chi connectivity index (χ4n) is 3.10. The van der Waals surface area contributed by atoms with Crippen molar-refractivity contribution in [3.8, 4) is 0 Å². The molecule has 1 aromatic heterocycles. The number of aliphatic hydroxyl groups excluding tert-OH is 1. The molecule has 1 amide bonds. The first-order valence-electron chi connectivity index (χ1n) is 8.48. The molecule has 0 bridgehead atoms. The Morgan fingerprint density at radius 3 is 2.58 bits per heavy atom. The predicted octanol–water partition coefficient (Wildman–Crippen LogP) is 2.44. The Hall–Kier alpha value is -2.11. The molecule has 1 N–H and O–H groups in total. The highest BCUT2D eigenvalue weighted by Gasteiger charge is 2.23. The fourth-order valence-corrected chi connectivity index (χ4v) is 3.10. The summed E-state index contributed by atoms with van der Waals surface area (Å²) in [5, 5.41) is 10.4. The second-order valence-electron chi connectivity index (χ2n) is 6.27. The van der Waals surface area contributed by atoms with Gasteiger partial charge in [0.05, 0.1) is 12.8 Å². The van der Waals surface area contributed by atoms with Gasteiger partial charge in [0.1, 0.15) is 11.9 Å². The monoisotopic (exact) mass is 328 g/mol. The van der Waals surface area contributed by atoms with E-state index in [9.17, 15) is 9.90 Å². The molecule has 0 aliphatic carbocycles. The average Bonchev–Trinajstić information content (AvgIpc) is 3.29. The molecule has 5 nitrogen and oxygen atoms in total. The molecular weight excluding hydrogens is 304 g/mol. The van der Waals surface area contributed by atoms with E-state index >= 15 is 0 Å². The molecule has 1 aromatic carbocycles. The van der Waals surface area contributed by atoms with Crippen LogP contribution < -0.4 is 0 Å². The molecule has 2 aromatic rings. The summed E-state index contributed by atoms with van der Waals surface area (Å²) in [5.41, 5.74) is 1.12. The van der Waals surface area contributed by atoms with E-state index in [1.807, 2.05) is 40.1 Å². The molecule has 1 aliphatic rings. The molecule has 0 radical (unpaired) electrons. The van der Waals surface area contributed by atoms with Gasteiger partial charge in [-0.2, -0.15) is 0 Å². The van der Waals surface area contributed by atoms with Crippen LogP contribution in [0.5, 0.6) is 0 Å². The summed E-state index contributed by atoms with van der Waals surface area (Å²) < 4.78 is 5.28. The minimum absolute atomic E-state index is 0.134. The van der Waals surface area contributed by atoms with E-state index < -0.39 is 6.10 Å². The summed E-state index contributed by atoms with van der Waals surface area (Å²) >= 11 is 0. The lowest BCUT2D eigenvalue weighted by Gasteiger charge is -2.26. The summed E-state index contributed by atoms with van der Waals surface area (Å²) in [6.45, 7) is 2.99. The number of nitrogens with zero attached hydrogens (tertiary/aromatic N) is 2. The Labute approximate surface area is 142 Å². The van der Waals surface area contributed by atoms with E-state index in [1.165, 1.54) is 0 Å². The molecule has 0 saturated carbocycles. The summed E-state index contributed by atoms with van der Waals surface area (Å²) in [7, 11) is 0. The van der Waals surface area contributed by atoms with Crippen molar-refractivity contribution in [2.45, 2.75) is 25.5 Å². The Morgan fingerprint density at radius 1 is 1.17 bits per heavy atom. The van der Waals surface area contributed by atoms with Crippen molar-refractivity contribution in [1.82, 2.24) is 9.80 Å². The largest absolute Gasteiger partial charge is 0.467 e. The number of carbonyl (C=O) groups excluding carboxylic acids is 1. The number of hydrogen-bond donors (Lipinski definition) is 1. The van der Waals surface area contributed by atoms with Crippen LogP contribution in [-0.2, 0) is 11.3 Å². The molecule has 1 saturated heterocycles. The Balaban J connectivity index is 1.66. The molecule has 5 heteroatoms. The summed E-state index contributed by atoms with van der Waals surface area (Å²) in [6.07, 6.45) is 2.98. The molecular formula is C19H24N2O3. The number of carbonyl (C=O) groups is 1. The van der Waals surface area contributed by atoms with E-state index in [0.717, 1.165) is 31.5 Å². The van der Waals surface area contributed by atoms with Crippen molar-refractivity contribution in [1.29, 1.82) is 0 Å². The molecule has 0 spiro atoms. The van der Waals surface area contributed by atoms with Gasteiger partial charge in [0.15, 0.2) is 0 Å². The highest BCUT2D eigenvalue weighted by Crippen LogP contribution is 2.17. The van der Waals surface area contributed by atoms with E-state index in [0.29, 0.717) is 25.4 Å². The van der Waals surface area contributed by atoms with Gasteiger partial charge in [0.2, 0.25) is 5.91 Å². The van der Waals surface area contributed by atoms with E-state index in [1.54, 1.807) is 18.4 Å². The summed E-state index contributed by atoms with van der Waals surface area (Å²) in [4.78, 5) is 16.4. The van der Waals surface area contributed by atoms with Crippen LogP contribution in [0.1, 0.15) is 30.3 Å². The third kappa shape index (κ3) is 4.46. The quantitative estimate of drug-likeness (QED) is 0.848. The molecule has 1 aliphatic heterocycles. The van der Waals surface area contributed by atoms with Gasteiger partial charge in [-0.05, 0) is 30.5 Å². The SMILES string of the molecule is O=C(CN(Cc1ccccc1)CC(O)c1ccco1)N1CCCC1. The molecule has 1 atom stereocenters. The number of amides is 1. The third-order valence-electron chi connectivity index (χ3n) is 4.37. The number of rotatable bonds is 7. The lowest BCUT2D eigenvalue weighted by atomic mass is 10.2. The van der Waals surface area contributed by atoms with Gasteiger partial charge in [0.25, 0.3) is 0 Å². The van der Waals surface area contributed by atoms with Crippen molar-refractivity contribution in [2.24, 2.45) is 0 Å². The van der Waals surface area contributed by atoms with Crippen LogP contribution in [-0.4, -0.2) is 47.0 Å². The van der Waals surface area contributed by atoms with Gasteiger partial charge in [-0.15, -0.1) is 0 Å².